The maximum atomic E-state index is 13.0. The van der Waals surface area contributed by atoms with Gasteiger partial charge in [0.05, 0.1) is 12.7 Å². The predicted molar refractivity (Wildman–Crippen MR) is 261 cm³/mol. The van der Waals surface area contributed by atoms with Crippen LogP contribution in [0.25, 0.3) is 0 Å². The van der Waals surface area contributed by atoms with Gasteiger partial charge in [-0.25, -0.2) is 9.13 Å². The number of carbonyl (C=O) groups excluding carboxylic acids is 2. The van der Waals surface area contributed by atoms with Crippen LogP contribution in [-0.4, -0.2) is 114 Å². The van der Waals surface area contributed by atoms with Gasteiger partial charge in [-0.3, -0.25) is 23.2 Å². The molecule has 1 saturated carbocycles. The molecule has 8 N–H and O–H groups in total. The number of aliphatic hydroxyl groups is 5. The molecule has 0 aromatic carbocycles. The monoisotopic (exact) mass is 1010 g/mol. The Bertz CT molecular complexity index is 1520. The summed E-state index contributed by atoms with van der Waals surface area (Å²) in [6.45, 7) is 2.96. The van der Waals surface area contributed by atoms with E-state index >= 15 is 0 Å². The smallest absolute Gasteiger partial charge is 0.462 e. The highest BCUT2D eigenvalue weighted by Gasteiger charge is 2.54. The Balaban J connectivity index is 2.61. The highest BCUT2D eigenvalue weighted by atomic mass is 31.2. The van der Waals surface area contributed by atoms with E-state index < -0.39 is 89.6 Å². The number of ether oxygens (including phenoxy) is 2. The Morgan fingerprint density at radius 2 is 1.03 bits per heavy atom. The molecule has 0 amide bonds. The SMILES string of the molecule is CCCCCCCCCCCCCCCCCCCC(=O)O[C@H](COC(=O)CCC/C=C\C/C=C\C/C=C\C=C\[C@H](O)CCCCC)COP(=O)(O)O[C@H]1C(O)C(O)C(O)[C@@H](OP(=O)(O)O)C1O. The Kier molecular flexibility index (Phi) is 37.2. The van der Waals surface area contributed by atoms with Crippen molar-refractivity contribution in [2.75, 3.05) is 13.2 Å². The number of hydrogen-bond donors (Lipinski definition) is 8. The molecule has 68 heavy (non-hydrogen) atoms. The molecule has 1 aliphatic rings. The lowest BCUT2D eigenvalue weighted by molar-refractivity contribution is -0.216. The van der Waals surface area contributed by atoms with E-state index in [9.17, 15) is 58.9 Å². The molecule has 0 radical (unpaired) electrons. The van der Waals surface area contributed by atoms with Crippen LogP contribution in [0.3, 0.4) is 0 Å². The number of rotatable bonds is 42. The van der Waals surface area contributed by atoms with Gasteiger partial charge in [-0.2, -0.15) is 0 Å². The number of esters is 2. The van der Waals surface area contributed by atoms with Gasteiger partial charge in [-0.15, -0.1) is 0 Å². The van der Waals surface area contributed by atoms with Crippen molar-refractivity contribution in [2.24, 2.45) is 0 Å². The van der Waals surface area contributed by atoms with E-state index in [4.69, 9.17) is 18.5 Å². The Hall–Kier alpha value is -2.08. The normalized spacial score (nSPS) is 22.1. The van der Waals surface area contributed by atoms with Crippen LogP contribution in [0.4, 0.5) is 0 Å². The zero-order valence-electron chi connectivity index (χ0n) is 40.9. The summed E-state index contributed by atoms with van der Waals surface area (Å²) in [4.78, 5) is 54.3. The largest absolute Gasteiger partial charge is 0.472 e. The van der Waals surface area contributed by atoms with E-state index in [0.717, 1.165) is 57.8 Å². The summed E-state index contributed by atoms with van der Waals surface area (Å²) in [6.07, 6.45) is 26.7. The first-order valence-corrected chi connectivity index (χ1v) is 28.3. The molecule has 0 bridgehead atoms. The number of hydrogen-bond acceptors (Lipinski definition) is 14. The van der Waals surface area contributed by atoms with Crippen LogP contribution in [0, 0.1) is 0 Å². The summed E-state index contributed by atoms with van der Waals surface area (Å²) in [7, 11) is -10.7. The van der Waals surface area contributed by atoms with Gasteiger partial charge in [0.25, 0.3) is 0 Å². The second kappa shape index (κ2) is 39.5. The second-order valence-electron chi connectivity index (χ2n) is 17.7. The van der Waals surface area contributed by atoms with E-state index in [1.165, 1.54) is 77.0 Å². The zero-order chi connectivity index (χ0) is 50.5. The standard InChI is InChI=1S/C49H88O17P2/c1-3-5-7-8-9-10-11-12-13-14-15-16-19-23-26-29-33-37-43(52)64-41(39-63-68(60,61)66-49-46(55)44(53)45(54)48(47(49)56)65-67(57,58)59)38-62-42(51)36-32-28-25-22-20-17-18-21-24-27-31-35-40(50)34-30-6-4-2/h17-18,22,24-25,27,31,35,40-41,44-50,53-56H,3-16,19-21,23,26,28-30,32-34,36-39H2,1-2H3,(H,60,61)(H2,57,58,59)/b18-17-,25-22-,27-24-,35-31+/t40-,41-,44?,45?,46?,47?,48-,49+/m1/s1. The highest BCUT2D eigenvalue weighted by molar-refractivity contribution is 7.47. The van der Waals surface area contributed by atoms with Gasteiger partial charge in [0.2, 0.25) is 0 Å². The molecule has 0 spiro atoms. The van der Waals surface area contributed by atoms with E-state index in [-0.39, 0.29) is 12.8 Å². The van der Waals surface area contributed by atoms with Crippen molar-refractivity contribution in [3.63, 3.8) is 0 Å². The van der Waals surface area contributed by atoms with E-state index in [0.29, 0.717) is 25.7 Å². The minimum absolute atomic E-state index is 0.0255. The summed E-state index contributed by atoms with van der Waals surface area (Å²) in [5.74, 6) is -1.29. The second-order valence-corrected chi connectivity index (χ2v) is 20.3. The summed E-state index contributed by atoms with van der Waals surface area (Å²) in [6, 6.07) is 0. The molecule has 5 unspecified atom stereocenters. The molecule has 0 heterocycles. The fourth-order valence-corrected chi connectivity index (χ4v) is 9.08. The van der Waals surface area contributed by atoms with Crippen molar-refractivity contribution in [3.05, 3.63) is 48.6 Å². The van der Waals surface area contributed by atoms with Crippen molar-refractivity contribution in [1.29, 1.82) is 0 Å². The fraction of sp³-hybridized carbons (Fsp3) is 0.796. The third-order valence-corrected chi connectivity index (χ3v) is 13.0. The quantitative estimate of drug-likeness (QED) is 0.00931. The van der Waals surface area contributed by atoms with Crippen molar-refractivity contribution >= 4 is 27.6 Å². The van der Waals surface area contributed by atoms with Crippen LogP contribution in [0.5, 0.6) is 0 Å². The number of carbonyl (C=O) groups is 2. The Morgan fingerprint density at radius 1 is 0.544 bits per heavy atom. The van der Waals surface area contributed by atoms with Crippen LogP contribution in [0.15, 0.2) is 48.6 Å². The molecule has 19 heteroatoms. The lowest BCUT2D eigenvalue weighted by Crippen LogP contribution is -2.64. The van der Waals surface area contributed by atoms with Crippen molar-refractivity contribution in [1.82, 2.24) is 0 Å². The van der Waals surface area contributed by atoms with E-state index in [1.807, 2.05) is 42.5 Å². The van der Waals surface area contributed by atoms with E-state index in [2.05, 4.69) is 18.4 Å². The lowest BCUT2D eigenvalue weighted by Gasteiger charge is -2.43. The van der Waals surface area contributed by atoms with Gasteiger partial charge in [0, 0.05) is 12.8 Å². The number of phosphoric ester groups is 2. The minimum Gasteiger partial charge on any atom is -0.462 e. The first kappa shape index (κ1) is 63.9. The topological polar surface area (TPSA) is 276 Å². The van der Waals surface area contributed by atoms with Gasteiger partial charge in [0.1, 0.15) is 43.2 Å². The first-order valence-electron chi connectivity index (χ1n) is 25.3. The van der Waals surface area contributed by atoms with Gasteiger partial charge in [-0.05, 0) is 38.5 Å². The fourth-order valence-electron chi connectivity index (χ4n) is 7.54. The third-order valence-electron chi connectivity index (χ3n) is 11.5. The summed E-state index contributed by atoms with van der Waals surface area (Å²) < 4.78 is 49.4. The van der Waals surface area contributed by atoms with Crippen molar-refractivity contribution < 1.29 is 82.0 Å². The number of allylic oxidation sites excluding steroid dienone is 7. The summed E-state index contributed by atoms with van der Waals surface area (Å²) in [5.41, 5.74) is 0. The third kappa shape index (κ3) is 33.5. The van der Waals surface area contributed by atoms with Crippen molar-refractivity contribution in [2.45, 2.75) is 236 Å². The van der Waals surface area contributed by atoms with Gasteiger partial charge < -0.3 is 49.7 Å². The van der Waals surface area contributed by atoms with Crippen LogP contribution in [0.2, 0.25) is 0 Å². The molecule has 0 aliphatic heterocycles. The first-order chi connectivity index (χ1) is 32.5. The van der Waals surface area contributed by atoms with Gasteiger partial charge in [0.15, 0.2) is 6.10 Å². The molecular weight excluding hydrogens is 922 g/mol. The molecule has 1 fully saturated rings. The Labute approximate surface area is 406 Å². The predicted octanol–water partition coefficient (Wildman–Crippen LogP) is 9.04. The molecule has 9 atom stereocenters. The van der Waals surface area contributed by atoms with Crippen molar-refractivity contribution in [3.8, 4) is 0 Å². The highest BCUT2D eigenvalue weighted by Crippen LogP contribution is 2.49. The molecule has 1 rings (SSSR count). The number of unbranched alkanes of at least 4 members (excludes halogenated alkanes) is 19. The van der Waals surface area contributed by atoms with E-state index in [1.54, 1.807) is 6.08 Å². The average molecular weight is 1010 g/mol. The van der Waals surface area contributed by atoms with Crippen LogP contribution < -0.4 is 0 Å². The molecule has 0 saturated heterocycles. The van der Waals surface area contributed by atoms with Gasteiger partial charge >= 0.3 is 27.6 Å². The zero-order valence-corrected chi connectivity index (χ0v) is 42.7. The molecule has 396 valence electrons. The molecule has 1 aliphatic carbocycles. The van der Waals surface area contributed by atoms with Gasteiger partial charge in [-0.1, -0.05) is 184 Å². The number of phosphoric acid groups is 2. The maximum absolute atomic E-state index is 13.0. The van der Waals surface area contributed by atoms with Crippen LogP contribution >= 0.6 is 15.6 Å². The molecule has 17 nitrogen and oxygen atoms in total. The molecule has 0 aromatic heterocycles. The maximum Gasteiger partial charge on any atom is 0.472 e. The van der Waals surface area contributed by atoms with Crippen LogP contribution in [-0.2, 0) is 41.8 Å². The molecule has 0 aromatic rings. The summed E-state index contributed by atoms with van der Waals surface area (Å²) in [5, 5.41) is 51.2. The average Bonchev–Trinajstić information content (AvgIpc) is 3.29. The lowest BCUT2D eigenvalue weighted by atomic mass is 9.85. The number of aliphatic hydroxyl groups excluding tert-OH is 5. The Morgan fingerprint density at radius 3 is 1.59 bits per heavy atom. The summed E-state index contributed by atoms with van der Waals surface area (Å²) >= 11 is 0. The minimum atomic E-state index is -5.38. The van der Waals surface area contributed by atoms with Crippen LogP contribution in [0.1, 0.15) is 187 Å². The molecular formula is C49H88O17P2.